The fraction of sp³-hybridized carbons (Fsp3) is 0.391. The van der Waals surface area contributed by atoms with Crippen molar-refractivity contribution >= 4 is 17.5 Å². The fourth-order valence-corrected chi connectivity index (χ4v) is 4.17. The first kappa shape index (κ1) is 19.5. The summed E-state index contributed by atoms with van der Waals surface area (Å²) in [7, 11) is 0. The van der Waals surface area contributed by atoms with Crippen LogP contribution in [0.2, 0.25) is 0 Å². The van der Waals surface area contributed by atoms with E-state index in [1.54, 1.807) is 4.90 Å². The van der Waals surface area contributed by atoms with Crippen LogP contribution >= 0.6 is 0 Å². The third-order valence-electron chi connectivity index (χ3n) is 5.68. The number of rotatable bonds is 5. The maximum atomic E-state index is 13.1. The first-order valence-corrected chi connectivity index (χ1v) is 10.2. The summed E-state index contributed by atoms with van der Waals surface area (Å²) in [6, 6.07) is 16.3. The van der Waals surface area contributed by atoms with E-state index >= 15 is 0 Å². The molecule has 1 N–H and O–H groups in total. The van der Waals surface area contributed by atoms with E-state index in [4.69, 9.17) is 4.74 Å². The second kappa shape index (κ2) is 8.66. The molecule has 6 heteroatoms. The van der Waals surface area contributed by atoms with Crippen molar-refractivity contribution in [1.82, 2.24) is 4.90 Å². The maximum absolute atomic E-state index is 13.1. The van der Waals surface area contributed by atoms with Gasteiger partial charge >= 0.3 is 0 Å². The normalized spacial score (nSPS) is 22.0. The number of amides is 2. The number of para-hydroxylation sites is 1. The number of aliphatic hydroxyl groups is 1. The van der Waals surface area contributed by atoms with Gasteiger partial charge in [0.25, 0.3) is 0 Å². The molecule has 2 heterocycles. The Labute approximate surface area is 170 Å². The number of hydrogen-bond donors (Lipinski definition) is 1. The summed E-state index contributed by atoms with van der Waals surface area (Å²) >= 11 is 0. The number of likely N-dealkylation sites (tertiary alicyclic amines) is 1. The molecule has 2 saturated heterocycles. The van der Waals surface area contributed by atoms with Crippen LogP contribution in [0.25, 0.3) is 0 Å². The predicted octanol–water partition coefficient (Wildman–Crippen LogP) is 3.21. The number of piperidine rings is 1. The lowest BCUT2D eigenvalue weighted by atomic mass is 9.98. The highest BCUT2D eigenvalue weighted by molar-refractivity contribution is 6.03. The second-order valence-corrected chi connectivity index (χ2v) is 7.70. The number of ether oxygens (including phenoxy) is 1. The fourth-order valence-electron chi connectivity index (χ4n) is 4.17. The van der Waals surface area contributed by atoms with Crippen molar-refractivity contribution in [3.8, 4) is 11.5 Å². The average molecular weight is 394 g/mol. The van der Waals surface area contributed by atoms with Crippen molar-refractivity contribution in [1.29, 1.82) is 0 Å². The van der Waals surface area contributed by atoms with Gasteiger partial charge in [0.1, 0.15) is 17.5 Å². The van der Waals surface area contributed by atoms with Gasteiger partial charge < -0.3 is 14.7 Å². The van der Waals surface area contributed by atoms with Crippen LogP contribution in [0.4, 0.5) is 5.69 Å². The van der Waals surface area contributed by atoms with E-state index in [-0.39, 0.29) is 24.3 Å². The standard InChI is InChI=1S/C23H26N2O4/c26-16-17-5-4-14-24(15-17)23(28)21-12-13-22(27)25(21)18-8-10-20(11-9-18)29-19-6-2-1-3-7-19/h1-3,6-11,17,21,26H,4-5,12-16H2. The van der Waals surface area contributed by atoms with Crippen LogP contribution in [0.3, 0.4) is 0 Å². The molecular formula is C23H26N2O4. The minimum Gasteiger partial charge on any atom is -0.457 e. The maximum Gasteiger partial charge on any atom is 0.245 e. The van der Waals surface area contributed by atoms with E-state index < -0.39 is 6.04 Å². The van der Waals surface area contributed by atoms with Crippen LogP contribution in [0.5, 0.6) is 11.5 Å². The van der Waals surface area contributed by atoms with Gasteiger partial charge in [0, 0.05) is 31.8 Å². The summed E-state index contributed by atoms with van der Waals surface area (Å²) in [5.41, 5.74) is 0.710. The van der Waals surface area contributed by atoms with Crippen LogP contribution in [-0.4, -0.2) is 47.6 Å². The predicted molar refractivity (Wildman–Crippen MR) is 110 cm³/mol. The molecule has 2 aliphatic heterocycles. The van der Waals surface area contributed by atoms with Crippen molar-refractivity contribution < 1.29 is 19.4 Å². The van der Waals surface area contributed by atoms with E-state index in [1.807, 2.05) is 59.5 Å². The number of carbonyl (C=O) groups excluding carboxylic acids is 2. The lowest BCUT2D eigenvalue weighted by Gasteiger charge is -2.35. The van der Waals surface area contributed by atoms with Crippen molar-refractivity contribution in [3.05, 3.63) is 54.6 Å². The third-order valence-corrected chi connectivity index (χ3v) is 5.68. The van der Waals surface area contributed by atoms with E-state index in [0.29, 0.717) is 37.4 Å². The van der Waals surface area contributed by atoms with E-state index in [1.165, 1.54) is 0 Å². The Morgan fingerprint density at radius 1 is 1.03 bits per heavy atom. The molecule has 2 aliphatic rings. The Balaban J connectivity index is 1.48. The number of aliphatic hydroxyl groups excluding tert-OH is 1. The Hall–Kier alpha value is -2.86. The Kier molecular flexibility index (Phi) is 5.81. The first-order valence-electron chi connectivity index (χ1n) is 10.2. The average Bonchev–Trinajstić information content (AvgIpc) is 3.16. The smallest absolute Gasteiger partial charge is 0.245 e. The molecule has 0 saturated carbocycles. The molecule has 2 aromatic rings. The van der Waals surface area contributed by atoms with Gasteiger partial charge in [-0.25, -0.2) is 0 Å². The molecule has 2 atom stereocenters. The van der Waals surface area contributed by atoms with Gasteiger partial charge in [-0.15, -0.1) is 0 Å². The lowest BCUT2D eigenvalue weighted by molar-refractivity contribution is -0.135. The Morgan fingerprint density at radius 3 is 2.48 bits per heavy atom. The molecule has 2 aromatic carbocycles. The summed E-state index contributed by atoms with van der Waals surface area (Å²) in [5, 5.41) is 9.45. The molecule has 2 unspecified atom stereocenters. The van der Waals surface area contributed by atoms with Gasteiger partial charge in [-0.1, -0.05) is 18.2 Å². The molecule has 0 aliphatic carbocycles. The number of nitrogens with zero attached hydrogens (tertiary/aromatic N) is 2. The summed E-state index contributed by atoms with van der Waals surface area (Å²) in [6.07, 6.45) is 2.73. The molecule has 2 fully saturated rings. The van der Waals surface area contributed by atoms with E-state index in [2.05, 4.69) is 0 Å². The molecule has 0 aromatic heterocycles. The van der Waals surface area contributed by atoms with Gasteiger partial charge in [0.15, 0.2) is 0 Å². The minimum absolute atomic E-state index is 0.0152. The van der Waals surface area contributed by atoms with Crippen molar-refractivity contribution in [3.63, 3.8) is 0 Å². The van der Waals surface area contributed by atoms with Crippen molar-refractivity contribution in [2.75, 3.05) is 24.6 Å². The van der Waals surface area contributed by atoms with Gasteiger partial charge in [-0.05, 0) is 61.6 Å². The van der Waals surface area contributed by atoms with Gasteiger partial charge in [-0.3, -0.25) is 14.5 Å². The number of benzene rings is 2. The highest BCUT2D eigenvalue weighted by Crippen LogP contribution is 2.31. The monoisotopic (exact) mass is 394 g/mol. The number of carbonyl (C=O) groups is 2. The summed E-state index contributed by atoms with van der Waals surface area (Å²) in [4.78, 5) is 29.1. The largest absolute Gasteiger partial charge is 0.457 e. The van der Waals surface area contributed by atoms with E-state index in [0.717, 1.165) is 18.6 Å². The Bertz CT molecular complexity index is 853. The highest BCUT2D eigenvalue weighted by atomic mass is 16.5. The molecule has 0 spiro atoms. The van der Waals surface area contributed by atoms with Gasteiger partial charge in [-0.2, -0.15) is 0 Å². The first-order chi connectivity index (χ1) is 14.2. The zero-order chi connectivity index (χ0) is 20.2. The van der Waals surface area contributed by atoms with Gasteiger partial charge in [0.2, 0.25) is 11.8 Å². The zero-order valence-electron chi connectivity index (χ0n) is 16.4. The molecule has 0 radical (unpaired) electrons. The molecule has 2 amide bonds. The van der Waals surface area contributed by atoms with Crippen LogP contribution in [0, 0.1) is 5.92 Å². The van der Waals surface area contributed by atoms with Crippen LogP contribution < -0.4 is 9.64 Å². The quantitative estimate of drug-likeness (QED) is 0.846. The molecule has 29 heavy (non-hydrogen) atoms. The molecular weight excluding hydrogens is 368 g/mol. The summed E-state index contributed by atoms with van der Waals surface area (Å²) in [5.74, 6) is 1.51. The number of hydrogen-bond acceptors (Lipinski definition) is 4. The molecule has 4 rings (SSSR count). The van der Waals surface area contributed by atoms with E-state index in [9.17, 15) is 14.7 Å². The Morgan fingerprint density at radius 2 is 1.76 bits per heavy atom. The topological polar surface area (TPSA) is 70.1 Å². The molecule has 152 valence electrons. The highest BCUT2D eigenvalue weighted by Gasteiger charge is 2.40. The minimum atomic E-state index is -0.471. The van der Waals surface area contributed by atoms with Crippen LogP contribution in [0.15, 0.2) is 54.6 Å². The number of anilines is 1. The lowest BCUT2D eigenvalue weighted by Crippen LogP contribution is -2.50. The van der Waals surface area contributed by atoms with Crippen molar-refractivity contribution in [2.24, 2.45) is 5.92 Å². The summed E-state index contributed by atoms with van der Waals surface area (Å²) < 4.78 is 5.81. The molecule has 0 bridgehead atoms. The molecule has 6 nitrogen and oxygen atoms in total. The summed E-state index contributed by atoms with van der Waals surface area (Å²) in [6.45, 7) is 1.36. The van der Waals surface area contributed by atoms with Crippen molar-refractivity contribution in [2.45, 2.75) is 31.7 Å². The van der Waals surface area contributed by atoms with Gasteiger partial charge in [0.05, 0.1) is 0 Å². The SMILES string of the molecule is O=C(C1CCC(=O)N1c1ccc(Oc2ccccc2)cc1)N1CCCC(CO)C1. The van der Waals surface area contributed by atoms with Crippen LogP contribution in [0.1, 0.15) is 25.7 Å². The third kappa shape index (κ3) is 4.27. The van der Waals surface area contributed by atoms with Crippen LogP contribution in [-0.2, 0) is 9.59 Å². The zero-order valence-corrected chi connectivity index (χ0v) is 16.4. The second-order valence-electron chi connectivity index (χ2n) is 7.70.